The minimum Gasteiger partial charge on any atom is -0.493 e. The van der Waals surface area contributed by atoms with E-state index >= 15 is 0 Å². The summed E-state index contributed by atoms with van der Waals surface area (Å²) < 4.78 is 29.0. The Balaban J connectivity index is 1.51. The zero-order valence-electron chi connectivity index (χ0n) is 17.3. The highest BCUT2D eigenvalue weighted by molar-refractivity contribution is 7.90. The van der Waals surface area contributed by atoms with Gasteiger partial charge in [-0.15, -0.1) is 0 Å². The second-order valence-electron chi connectivity index (χ2n) is 8.12. The van der Waals surface area contributed by atoms with Crippen molar-refractivity contribution in [2.24, 2.45) is 11.8 Å². The van der Waals surface area contributed by atoms with E-state index in [9.17, 15) is 8.42 Å². The third-order valence-electron chi connectivity index (χ3n) is 5.54. The van der Waals surface area contributed by atoms with Gasteiger partial charge in [0.1, 0.15) is 5.75 Å². The number of sulfone groups is 1. The average molecular weight is 413 g/mol. The molecule has 0 aromatic heterocycles. The van der Waals surface area contributed by atoms with Gasteiger partial charge in [-0.2, -0.15) is 5.26 Å². The van der Waals surface area contributed by atoms with Crippen LogP contribution in [0.2, 0.25) is 0 Å². The molecule has 0 radical (unpaired) electrons. The van der Waals surface area contributed by atoms with Crippen LogP contribution in [-0.2, 0) is 16.3 Å². The molecular weight excluding hydrogens is 384 g/mol. The minimum absolute atomic E-state index is 0.306. The molecule has 29 heavy (non-hydrogen) atoms. The first-order chi connectivity index (χ1) is 13.7. The molecule has 0 spiro atoms. The molecule has 1 saturated heterocycles. The molecule has 5 nitrogen and oxygen atoms in total. The van der Waals surface area contributed by atoms with Crippen molar-refractivity contribution in [1.82, 2.24) is 4.90 Å². The lowest BCUT2D eigenvalue weighted by molar-refractivity contribution is 0.225. The van der Waals surface area contributed by atoms with Gasteiger partial charge >= 0.3 is 0 Å². The van der Waals surface area contributed by atoms with Gasteiger partial charge < -0.3 is 9.64 Å². The molecule has 2 aromatic carbocycles. The molecule has 154 valence electrons. The summed E-state index contributed by atoms with van der Waals surface area (Å²) in [5.41, 5.74) is 3.06. The highest BCUT2D eigenvalue weighted by Gasteiger charge is 2.29. The number of rotatable bonds is 7. The zero-order valence-corrected chi connectivity index (χ0v) is 18.1. The third-order valence-corrected chi connectivity index (χ3v) is 6.67. The van der Waals surface area contributed by atoms with Crippen molar-refractivity contribution < 1.29 is 13.2 Å². The van der Waals surface area contributed by atoms with Gasteiger partial charge in [-0.3, -0.25) is 0 Å². The van der Waals surface area contributed by atoms with Gasteiger partial charge in [-0.1, -0.05) is 13.0 Å². The van der Waals surface area contributed by atoms with E-state index < -0.39 is 9.84 Å². The van der Waals surface area contributed by atoms with Crippen LogP contribution in [0.4, 0.5) is 0 Å². The van der Waals surface area contributed by atoms with Gasteiger partial charge in [0.2, 0.25) is 0 Å². The van der Waals surface area contributed by atoms with Gasteiger partial charge in [0.05, 0.1) is 23.1 Å². The van der Waals surface area contributed by atoms with Crippen molar-refractivity contribution in [3.05, 3.63) is 59.2 Å². The molecule has 1 heterocycles. The Kier molecular flexibility index (Phi) is 6.61. The fourth-order valence-electron chi connectivity index (χ4n) is 3.89. The molecule has 1 fully saturated rings. The topological polar surface area (TPSA) is 70.4 Å². The molecule has 1 aliphatic rings. The maximum absolute atomic E-state index is 11.5. The summed E-state index contributed by atoms with van der Waals surface area (Å²) in [6.45, 7) is 7.90. The van der Waals surface area contributed by atoms with Crippen molar-refractivity contribution >= 4 is 9.84 Å². The van der Waals surface area contributed by atoms with E-state index in [4.69, 9.17) is 10.00 Å². The average Bonchev–Trinajstić information content (AvgIpc) is 3.03. The van der Waals surface area contributed by atoms with Crippen LogP contribution < -0.4 is 4.74 Å². The lowest BCUT2D eigenvalue weighted by Crippen LogP contribution is -2.24. The summed E-state index contributed by atoms with van der Waals surface area (Å²) in [5.74, 6) is 1.68. The van der Waals surface area contributed by atoms with Crippen molar-refractivity contribution in [2.45, 2.75) is 25.2 Å². The predicted molar refractivity (Wildman–Crippen MR) is 114 cm³/mol. The van der Waals surface area contributed by atoms with Crippen LogP contribution in [0.15, 0.2) is 47.4 Å². The second kappa shape index (κ2) is 8.98. The van der Waals surface area contributed by atoms with Crippen LogP contribution >= 0.6 is 0 Å². The van der Waals surface area contributed by atoms with Gasteiger partial charge in [0.25, 0.3) is 0 Å². The number of nitriles is 1. The first kappa shape index (κ1) is 21.4. The van der Waals surface area contributed by atoms with E-state index in [1.54, 1.807) is 24.3 Å². The van der Waals surface area contributed by atoms with E-state index in [1.165, 1.54) is 11.8 Å². The molecule has 0 unspecified atom stereocenters. The fraction of sp³-hybridized carbons (Fsp3) is 0.435. The molecule has 6 heteroatoms. The zero-order chi connectivity index (χ0) is 21.0. The SMILES string of the molecule is Cc1cc(C#N)cc(CCN2C[C@@H](COc3ccc(S(C)(=O)=O)cc3)[C@H](C)C2)c1. The van der Waals surface area contributed by atoms with E-state index in [1.807, 2.05) is 19.1 Å². The summed E-state index contributed by atoms with van der Waals surface area (Å²) in [6, 6.07) is 14.9. The summed E-state index contributed by atoms with van der Waals surface area (Å²) in [4.78, 5) is 2.76. The summed E-state index contributed by atoms with van der Waals surface area (Å²) >= 11 is 0. The molecule has 0 saturated carbocycles. The fourth-order valence-corrected chi connectivity index (χ4v) is 4.52. The van der Waals surface area contributed by atoms with Crippen molar-refractivity contribution in [2.75, 3.05) is 32.5 Å². The standard InChI is InChI=1S/C23H28N2O3S/c1-17-10-19(12-20(11-17)13-24)8-9-25-14-18(2)21(15-25)16-28-22-4-6-23(7-5-22)29(3,26)27/h4-7,10-12,18,21H,8-9,14-16H2,1-3H3/t18-,21+/m1/s1. The van der Waals surface area contributed by atoms with Gasteiger partial charge in [-0.05, 0) is 66.8 Å². The van der Waals surface area contributed by atoms with Gasteiger partial charge in [-0.25, -0.2) is 8.42 Å². The normalized spacial score (nSPS) is 19.8. The number of likely N-dealkylation sites (tertiary alicyclic amines) is 1. The second-order valence-corrected chi connectivity index (χ2v) is 10.1. The molecular formula is C23H28N2O3S. The quantitative estimate of drug-likeness (QED) is 0.696. The van der Waals surface area contributed by atoms with Crippen LogP contribution in [0.25, 0.3) is 0 Å². The smallest absolute Gasteiger partial charge is 0.175 e. The number of ether oxygens (including phenoxy) is 1. The molecule has 3 rings (SSSR count). The van der Waals surface area contributed by atoms with Gasteiger partial charge in [0.15, 0.2) is 9.84 Å². The molecule has 2 atom stereocenters. The minimum atomic E-state index is -3.18. The maximum atomic E-state index is 11.5. The lowest BCUT2D eigenvalue weighted by Gasteiger charge is -2.17. The highest BCUT2D eigenvalue weighted by atomic mass is 32.2. The van der Waals surface area contributed by atoms with E-state index in [0.717, 1.165) is 37.2 Å². The molecule has 0 amide bonds. The Morgan fingerprint density at radius 3 is 2.55 bits per heavy atom. The van der Waals surface area contributed by atoms with Crippen molar-refractivity contribution in [3.8, 4) is 11.8 Å². The molecule has 1 aliphatic heterocycles. The predicted octanol–water partition coefficient (Wildman–Crippen LogP) is 3.46. The summed E-state index contributed by atoms with van der Waals surface area (Å²) in [7, 11) is -3.18. The van der Waals surface area contributed by atoms with E-state index in [2.05, 4.69) is 24.0 Å². The molecule has 0 aliphatic carbocycles. The van der Waals surface area contributed by atoms with Crippen LogP contribution in [0.1, 0.15) is 23.6 Å². The Hall–Kier alpha value is -2.36. The van der Waals surface area contributed by atoms with Crippen LogP contribution in [0.3, 0.4) is 0 Å². The lowest BCUT2D eigenvalue weighted by atomic mass is 9.99. The Bertz CT molecular complexity index is 994. The maximum Gasteiger partial charge on any atom is 0.175 e. The first-order valence-electron chi connectivity index (χ1n) is 9.90. The Labute approximate surface area is 173 Å². The van der Waals surface area contributed by atoms with Crippen molar-refractivity contribution in [3.63, 3.8) is 0 Å². The van der Waals surface area contributed by atoms with Crippen molar-refractivity contribution in [1.29, 1.82) is 5.26 Å². The number of nitrogens with zero attached hydrogens (tertiary/aromatic N) is 2. The van der Waals surface area contributed by atoms with E-state index in [-0.39, 0.29) is 0 Å². The molecule has 0 N–H and O–H groups in total. The van der Waals surface area contributed by atoms with Crippen LogP contribution in [0, 0.1) is 30.1 Å². The molecule has 2 aromatic rings. The number of aryl methyl sites for hydroxylation is 1. The van der Waals surface area contributed by atoms with Gasteiger partial charge in [0, 0.05) is 31.8 Å². The monoisotopic (exact) mass is 412 g/mol. The number of hydrogen-bond donors (Lipinski definition) is 0. The Morgan fingerprint density at radius 2 is 1.90 bits per heavy atom. The number of benzene rings is 2. The molecule has 0 bridgehead atoms. The third kappa shape index (κ3) is 5.81. The first-order valence-corrected chi connectivity index (χ1v) is 11.8. The van der Waals surface area contributed by atoms with Crippen LogP contribution in [-0.4, -0.2) is 45.8 Å². The van der Waals surface area contributed by atoms with E-state index in [0.29, 0.717) is 29.1 Å². The van der Waals surface area contributed by atoms with Crippen LogP contribution in [0.5, 0.6) is 5.75 Å². The number of hydrogen-bond acceptors (Lipinski definition) is 5. The highest BCUT2D eigenvalue weighted by Crippen LogP contribution is 2.25. The Morgan fingerprint density at radius 1 is 1.17 bits per heavy atom. The largest absolute Gasteiger partial charge is 0.493 e. The summed E-state index contributed by atoms with van der Waals surface area (Å²) in [6.07, 6.45) is 2.14. The summed E-state index contributed by atoms with van der Waals surface area (Å²) in [5, 5.41) is 9.14.